The Balaban J connectivity index is 1.56. The zero-order valence-corrected chi connectivity index (χ0v) is 23.7. The van der Waals surface area contributed by atoms with E-state index in [0.29, 0.717) is 25.0 Å². The minimum atomic E-state index is -5.00. The maximum atomic E-state index is 13.8. The topological polar surface area (TPSA) is 81.2 Å². The number of hydrogen-bond donors (Lipinski definition) is 1. The van der Waals surface area contributed by atoms with Gasteiger partial charge in [0, 0.05) is 57.5 Å². The lowest BCUT2D eigenvalue weighted by molar-refractivity contribution is -0.144. The second kappa shape index (κ2) is 12.5. The number of hydrogen-bond acceptors (Lipinski definition) is 3. The van der Waals surface area contributed by atoms with Crippen LogP contribution in [0.1, 0.15) is 53.0 Å². The van der Waals surface area contributed by atoms with Crippen molar-refractivity contribution in [2.75, 3.05) is 33.2 Å². The van der Waals surface area contributed by atoms with E-state index in [2.05, 4.69) is 0 Å². The van der Waals surface area contributed by atoms with Crippen LogP contribution in [0.25, 0.3) is 0 Å². The second-order valence-corrected chi connectivity index (χ2v) is 11.3. The number of amides is 3. The van der Waals surface area contributed by atoms with Crippen LogP contribution in [0.15, 0.2) is 42.5 Å². The number of halogens is 6. The van der Waals surface area contributed by atoms with Crippen molar-refractivity contribution in [1.29, 1.82) is 0 Å². The van der Waals surface area contributed by atoms with E-state index in [-0.39, 0.29) is 56.1 Å². The largest absolute Gasteiger partial charge is 0.465 e. The van der Waals surface area contributed by atoms with Crippen molar-refractivity contribution in [3.63, 3.8) is 0 Å². The quantitative estimate of drug-likeness (QED) is 0.419. The Morgan fingerprint density at radius 3 is 1.98 bits per heavy atom. The van der Waals surface area contributed by atoms with E-state index in [4.69, 9.17) is 0 Å². The number of carbonyl (C=O) groups is 3. The summed E-state index contributed by atoms with van der Waals surface area (Å²) in [6.45, 7) is 2.34. The summed E-state index contributed by atoms with van der Waals surface area (Å²) in [7, 11) is 1.35. The molecule has 2 aromatic carbocycles. The van der Waals surface area contributed by atoms with Gasteiger partial charge >= 0.3 is 18.4 Å². The summed E-state index contributed by atoms with van der Waals surface area (Å²) in [5.74, 6) is -2.04. The molecule has 0 saturated carbocycles. The molecular weight excluding hydrogens is 580 g/mol. The van der Waals surface area contributed by atoms with Crippen LogP contribution in [0, 0.1) is 18.8 Å². The van der Waals surface area contributed by atoms with Crippen molar-refractivity contribution in [2.24, 2.45) is 11.8 Å². The van der Waals surface area contributed by atoms with Crippen LogP contribution in [-0.4, -0.2) is 70.9 Å². The molecule has 2 fully saturated rings. The molecule has 2 aromatic rings. The zero-order valence-electron chi connectivity index (χ0n) is 23.7. The van der Waals surface area contributed by atoms with Crippen molar-refractivity contribution in [1.82, 2.24) is 14.7 Å². The predicted molar refractivity (Wildman–Crippen MR) is 144 cm³/mol. The Bertz CT molecular complexity index is 1320. The molecule has 0 spiro atoms. The summed E-state index contributed by atoms with van der Waals surface area (Å²) in [5, 5.41) is 9.21. The molecule has 7 nitrogen and oxygen atoms in total. The number of benzene rings is 2. The Kier molecular flexibility index (Phi) is 9.31. The van der Waals surface area contributed by atoms with Gasteiger partial charge < -0.3 is 19.8 Å². The van der Waals surface area contributed by atoms with Crippen molar-refractivity contribution in [3.8, 4) is 0 Å². The molecule has 2 saturated heterocycles. The van der Waals surface area contributed by atoms with Gasteiger partial charge in [-0.2, -0.15) is 26.3 Å². The lowest BCUT2D eigenvalue weighted by Crippen LogP contribution is -2.50. The predicted octanol–water partition coefficient (Wildman–Crippen LogP) is 6.01. The summed E-state index contributed by atoms with van der Waals surface area (Å²) in [5.41, 5.74) is -1.49. The van der Waals surface area contributed by atoms with E-state index < -0.39 is 53.9 Å². The fourth-order valence-corrected chi connectivity index (χ4v) is 6.09. The van der Waals surface area contributed by atoms with Crippen LogP contribution in [0.3, 0.4) is 0 Å². The first kappa shape index (κ1) is 32.2. The van der Waals surface area contributed by atoms with Gasteiger partial charge in [0.05, 0.1) is 11.1 Å². The highest BCUT2D eigenvalue weighted by Crippen LogP contribution is 2.39. The third-order valence-electron chi connectivity index (χ3n) is 8.39. The van der Waals surface area contributed by atoms with Crippen molar-refractivity contribution >= 4 is 17.9 Å². The minimum Gasteiger partial charge on any atom is -0.465 e. The first-order chi connectivity index (χ1) is 20.1. The van der Waals surface area contributed by atoms with E-state index in [1.54, 1.807) is 11.0 Å². The van der Waals surface area contributed by atoms with E-state index in [9.17, 15) is 45.8 Å². The molecule has 2 heterocycles. The fraction of sp³-hybridized carbons (Fsp3) is 0.500. The average Bonchev–Trinajstić information content (AvgIpc) is 2.95. The van der Waals surface area contributed by atoms with Gasteiger partial charge in [-0.25, -0.2) is 4.79 Å². The number of carboxylic acid groups (broad SMARTS) is 1. The van der Waals surface area contributed by atoms with Crippen LogP contribution in [-0.2, 0) is 28.5 Å². The summed E-state index contributed by atoms with van der Waals surface area (Å²) in [6, 6.07) is 8.64. The number of aryl methyl sites for hydroxylation is 1. The third-order valence-corrected chi connectivity index (χ3v) is 8.39. The smallest absolute Gasteiger partial charge is 0.416 e. The maximum Gasteiger partial charge on any atom is 0.416 e. The molecule has 13 heteroatoms. The van der Waals surface area contributed by atoms with Gasteiger partial charge in [0.2, 0.25) is 11.8 Å². The molecule has 0 radical (unpaired) electrons. The Morgan fingerprint density at radius 2 is 1.44 bits per heavy atom. The summed E-state index contributed by atoms with van der Waals surface area (Å²) < 4.78 is 80.3. The zero-order chi connectivity index (χ0) is 31.7. The van der Waals surface area contributed by atoms with E-state index in [1.807, 2.05) is 25.1 Å². The van der Waals surface area contributed by atoms with Gasteiger partial charge in [-0.3, -0.25) is 9.59 Å². The molecule has 2 unspecified atom stereocenters. The van der Waals surface area contributed by atoms with Crippen LogP contribution < -0.4 is 0 Å². The lowest BCUT2D eigenvalue weighted by Gasteiger charge is -2.42. The SMILES string of the molecule is Cc1ccccc1C1CN(C(=O)C2CCN(C(=O)O)CC2)CCC1C(=O)N(C)Cc1cc(C(F)(F)F)cc(C(F)(F)F)c1. The number of alkyl halides is 6. The minimum absolute atomic E-state index is 0.0533. The van der Waals surface area contributed by atoms with E-state index in [1.165, 1.54) is 11.9 Å². The first-order valence-electron chi connectivity index (χ1n) is 13.9. The third kappa shape index (κ3) is 7.42. The van der Waals surface area contributed by atoms with Crippen LogP contribution >= 0.6 is 0 Å². The van der Waals surface area contributed by atoms with Gasteiger partial charge in [0.1, 0.15) is 0 Å². The number of piperidine rings is 2. The Morgan fingerprint density at radius 1 is 0.884 bits per heavy atom. The molecule has 4 rings (SSSR count). The molecule has 3 amide bonds. The highest BCUT2D eigenvalue weighted by atomic mass is 19.4. The highest BCUT2D eigenvalue weighted by molar-refractivity contribution is 5.82. The molecule has 0 bridgehead atoms. The highest BCUT2D eigenvalue weighted by Gasteiger charge is 2.41. The second-order valence-electron chi connectivity index (χ2n) is 11.3. The number of nitrogens with zero attached hydrogens (tertiary/aromatic N) is 3. The van der Waals surface area contributed by atoms with E-state index in [0.717, 1.165) is 16.0 Å². The van der Waals surface area contributed by atoms with Crippen LogP contribution in [0.2, 0.25) is 0 Å². The van der Waals surface area contributed by atoms with Gasteiger partial charge in [-0.05, 0) is 61.1 Å². The van der Waals surface area contributed by atoms with Crippen molar-refractivity contribution < 1.29 is 45.8 Å². The van der Waals surface area contributed by atoms with Crippen LogP contribution in [0.5, 0.6) is 0 Å². The standard InChI is InChI=1S/C30H33F6N3O4/c1-18-5-3-4-6-23(18)25-17-39(26(40)20-7-10-38(11-8-20)28(42)43)12-9-24(25)27(41)37(2)16-19-13-21(29(31,32)33)15-22(14-19)30(34,35)36/h3-6,13-15,20,24-25H,7-12,16-17H2,1-2H3,(H,42,43). The fourth-order valence-electron chi connectivity index (χ4n) is 6.09. The number of rotatable bonds is 5. The lowest BCUT2D eigenvalue weighted by atomic mass is 9.77. The van der Waals surface area contributed by atoms with Gasteiger partial charge in [-0.1, -0.05) is 24.3 Å². The molecule has 43 heavy (non-hydrogen) atoms. The molecule has 0 aromatic heterocycles. The maximum absolute atomic E-state index is 13.8. The molecular formula is C30H33F6N3O4. The van der Waals surface area contributed by atoms with Crippen LogP contribution in [0.4, 0.5) is 31.1 Å². The summed E-state index contributed by atoms with van der Waals surface area (Å²) in [6.07, 6.45) is -10.0. The summed E-state index contributed by atoms with van der Waals surface area (Å²) >= 11 is 0. The monoisotopic (exact) mass is 613 g/mol. The molecule has 1 N–H and O–H groups in total. The summed E-state index contributed by atoms with van der Waals surface area (Å²) in [4.78, 5) is 42.6. The van der Waals surface area contributed by atoms with Gasteiger partial charge in [-0.15, -0.1) is 0 Å². The normalized spacial score (nSPS) is 20.2. The molecule has 234 valence electrons. The molecule has 2 aliphatic heterocycles. The molecule has 2 atom stereocenters. The first-order valence-corrected chi connectivity index (χ1v) is 13.9. The molecule has 2 aliphatic rings. The number of carbonyl (C=O) groups excluding carboxylic acids is 2. The van der Waals surface area contributed by atoms with Gasteiger partial charge in [0.25, 0.3) is 0 Å². The molecule has 0 aliphatic carbocycles. The average molecular weight is 614 g/mol. The van der Waals surface area contributed by atoms with Gasteiger partial charge in [0.15, 0.2) is 0 Å². The Hall–Kier alpha value is -3.77. The Labute approximate surface area is 245 Å². The van der Waals surface area contributed by atoms with E-state index >= 15 is 0 Å². The number of likely N-dealkylation sites (tertiary alicyclic amines) is 2. The van der Waals surface area contributed by atoms with Crippen molar-refractivity contribution in [3.05, 3.63) is 70.3 Å². The van der Waals surface area contributed by atoms with Crippen molar-refractivity contribution in [2.45, 2.75) is 51.0 Å².